The van der Waals surface area contributed by atoms with Crippen molar-refractivity contribution >= 4 is 60.3 Å². The molecular weight excluding hydrogens is 775 g/mol. The van der Waals surface area contributed by atoms with Gasteiger partial charge in [0, 0.05) is 33.6 Å². The average molecular weight is 816 g/mol. The molecule has 0 aliphatic carbocycles. The predicted molar refractivity (Wildman–Crippen MR) is 271 cm³/mol. The van der Waals surface area contributed by atoms with Gasteiger partial charge in [-0.3, -0.25) is 0 Å². The Morgan fingerprint density at radius 3 is 1.62 bits per heavy atom. The molecule has 0 amide bonds. The maximum Gasteiger partial charge on any atom is 0.143 e. The Kier molecular flexibility index (Phi) is 9.20. The van der Waals surface area contributed by atoms with Crippen LogP contribution in [0.15, 0.2) is 253 Å². The third-order valence-corrected chi connectivity index (χ3v) is 12.7. The number of rotatable bonds is 8. The van der Waals surface area contributed by atoms with Gasteiger partial charge in [0.15, 0.2) is 0 Å². The van der Waals surface area contributed by atoms with Crippen LogP contribution in [0.4, 0.5) is 17.1 Å². The minimum atomic E-state index is 0.856. The highest BCUT2D eigenvalue weighted by atomic mass is 16.3. The number of hydrogen-bond acceptors (Lipinski definition) is 2. The van der Waals surface area contributed by atoms with Crippen LogP contribution in [-0.4, -0.2) is 0 Å². The van der Waals surface area contributed by atoms with Crippen LogP contribution in [0.3, 0.4) is 0 Å². The van der Waals surface area contributed by atoms with Gasteiger partial charge in [-0.05, 0) is 126 Å². The molecule has 64 heavy (non-hydrogen) atoms. The van der Waals surface area contributed by atoms with E-state index in [1.54, 1.807) is 0 Å². The second-order valence-electron chi connectivity index (χ2n) is 16.4. The van der Waals surface area contributed by atoms with E-state index in [-0.39, 0.29) is 0 Å². The molecule has 0 radical (unpaired) electrons. The summed E-state index contributed by atoms with van der Waals surface area (Å²) < 4.78 is 6.73. The molecule has 0 N–H and O–H groups in total. The summed E-state index contributed by atoms with van der Waals surface area (Å²) in [6.07, 6.45) is 0. The van der Waals surface area contributed by atoms with Gasteiger partial charge in [0.2, 0.25) is 0 Å². The molecular formula is C62H41NO. The molecule has 300 valence electrons. The van der Waals surface area contributed by atoms with Gasteiger partial charge in [0.1, 0.15) is 11.3 Å². The fraction of sp³-hybridized carbons (Fsp3) is 0. The minimum Gasteiger partial charge on any atom is -0.455 e. The highest BCUT2D eigenvalue weighted by Gasteiger charge is 2.20. The average Bonchev–Trinajstić information content (AvgIpc) is 3.77. The first-order chi connectivity index (χ1) is 31.7. The summed E-state index contributed by atoms with van der Waals surface area (Å²) in [4.78, 5) is 2.35. The van der Waals surface area contributed by atoms with Crippen LogP contribution in [0, 0.1) is 0 Å². The van der Waals surface area contributed by atoms with Crippen LogP contribution < -0.4 is 4.90 Å². The zero-order valence-corrected chi connectivity index (χ0v) is 35.0. The summed E-state index contributed by atoms with van der Waals surface area (Å²) in [7, 11) is 0. The van der Waals surface area contributed by atoms with Gasteiger partial charge in [-0.15, -0.1) is 0 Å². The van der Waals surface area contributed by atoms with E-state index in [2.05, 4.69) is 248 Å². The van der Waals surface area contributed by atoms with Crippen LogP contribution in [0.2, 0.25) is 0 Å². The number of fused-ring (bicyclic) bond motifs is 5. The molecule has 1 aromatic heterocycles. The number of furan rings is 1. The van der Waals surface area contributed by atoms with E-state index in [1.165, 1.54) is 60.1 Å². The van der Waals surface area contributed by atoms with Crippen LogP contribution in [0.5, 0.6) is 0 Å². The summed E-state index contributed by atoms with van der Waals surface area (Å²) in [6.45, 7) is 0. The lowest BCUT2D eigenvalue weighted by atomic mass is 9.93. The SMILES string of the molecule is c1ccc(-c2c(-c3cccc(N(c4ccc(-c5cccc(-c6cccc7ccccc67)c5)cc4)c4ccc(-c5cc6ccccc6c6ccccc56)cc4)c3)oc3ccccc23)cc1. The highest BCUT2D eigenvalue weighted by Crippen LogP contribution is 2.44. The summed E-state index contributed by atoms with van der Waals surface area (Å²) >= 11 is 0. The molecule has 0 fully saturated rings. The first-order valence-corrected chi connectivity index (χ1v) is 21.9. The van der Waals surface area contributed by atoms with E-state index >= 15 is 0 Å². The topological polar surface area (TPSA) is 16.4 Å². The van der Waals surface area contributed by atoms with Gasteiger partial charge in [0.25, 0.3) is 0 Å². The molecule has 12 aromatic rings. The zero-order chi connectivity index (χ0) is 42.4. The van der Waals surface area contributed by atoms with Crippen molar-refractivity contribution in [3.63, 3.8) is 0 Å². The fourth-order valence-electron chi connectivity index (χ4n) is 9.60. The molecule has 2 heteroatoms. The zero-order valence-electron chi connectivity index (χ0n) is 35.0. The first kappa shape index (κ1) is 37.3. The Hall–Kier alpha value is -8.46. The second kappa shape index (κ2) is 15.8. The maximum atomic E-state index is 6.73. The Morgan fingerprint density at radius 2 is 0.828 bits per heavy atom. The van der Waals surface area contributed by atoms with Gasteiger partial charge < -0.3 is 9.32 Å². The van der Waals surface area contributed by atoms with Gasteiger partial charge in [-0.1, -0.05) is 194 Å². The molecule has 0 bridgehead atoms. The van der Waals surface area contributed by atoms with E-state index in [9.17, 15) is 0 Å². The molecule has 0 unspecified atom stereocenters. The molecule has 0 spiro atoms. The van der Waals surface area contributed by atoms with Crippen LogP contribution >= 0.6 is 0 Å². The number of para-hydroxylation sites is 1. The maximum absolute atomic E-state index is 6.73. The van der Waals surface area contributed by atoms with Gasteiger partial charge in [-0.2, -0.15) is 0 Å². The summed E-state index contributed by atoms with van der Waals surface area (Å²) in [6, 6.07) is 89.5. The van der Waals surface area contributed by atoms with Gasteiger partial charge in [-0.25, -0.2) is 0 Å². The third kappa shape index (κ3) is 6.61. The van der Waals surface area contributed by atoms with E-state index in [1.807, 2.05) is 6.07 Å². The van der Waals surface area contributed by atoms with Crippen LogP contribution in [0.25, 0.3) is 99.1 Å². The van der Waals surface area contributed by atoms with Gasteiger partial charge in [0.05, 0.1) is 0 Å². The largest absolute Gasteiger partial charge is 0.455 e. The number of nitrogens with zero attached hydrogens (tertiary/aromatic N) is 1. The van der Waals surface area contributed by atoms with Crippen molar-refractivity contribution < 1.29 is 4.42 Å². The lowest BCUT2D eigenvalue weighted by molar-refractivity contribution is 0.632. The number of hydrogen-bond donors (Lipinski definition) is 0. The number of benzene rings is 11. The van der Waals surface area contributed by atoms with Crippen molar-refractivity contribution in [1.82, 2.24) is 0 Å². The number of anilines is 3. The molecule has 0 aliphatic heterocycles. The second-order valence-corrected chi connectivity index (χ2v) is 16.4. The molecule has 0 aliphatic rings. The monoisotopic (exact) mass is 815 g/mol. The van der Waals surface area contributed by atoms with Crippen molar-refractivity contribution in [1.29, 1.82) is 0 Å². The summed E-state index contributed by atoms with van der Waals surface area (Å²) in [5.74, 6) is 0.856. The summed E-state index contributed by atoms with van der Waals surface area (Å²) in [5.41, 5.74) is 14.4. The van der Waals surface area contributed by atoms with E-state index < -0.39 is 0 Å². The van der Waals surface area contributed by atoms with Crippen molar-refractivity contribution in [3.8, 4) is 55.8 Å². The quantitative estimate of drug-likeness (QED) is 0.142. The molecule has 1 heterocycles. The third-order valence-electron chi connectivity index (χ3n) is 12.7. The lowest BCUT2D eigenvalue weighted by Gasteiger charge is -2.26. The Labute approximate surface area is 372 Å². The van der Waals surface area contributed by atoms with E-state index in [0.29, 0.717) is 0 Å². The Morgan fingerprint density at radius 1 is 0.266 bits per heavy atom. The normalized spacial score (nSPS) is 11.4. The fourth-order valence-corrected chi connectivity index (χ4v) is 9.60. The van der Waals surface area contributed by atoms with Crippen molar-refractivity contribution in [2.75, 3.05) is 4.90 Å². The minimum absolute atomic E-state index is 0.856. The smallest absolute Gasteiger partial charge is 0.143 e. The first-order valence-electron chi connectivity index (χ1n) is 21.9. The molecule has 0 atom stereocenters. The van der Waals surface area contributed by atoms with Crippen molar-refractivity contribution in [3.05, 3.63) is 249 Å². The van der Waals surface area contributed by atoms with Crippen molar-refractivity contribution in [2.24, 2.45) is 0 Å². The van der Waals surface area contributed by atoms with Crippen LogP contribution in [0.1, 0.15) is 0 Å². The van der Waals surface area contributed by atoms with E-state index in [4.69, 9.17) is 4.42 Å². The van der Waals surface area contributed by atoms with E-state index in [0.717, 1.165) is 56.0 Å². The Balaban J connectivity index is 0.975. The molecule has 2 nitrogen and oxygen atoms in total. The molecule has 12 rings (SSSR count). The predicted octanol–water partition coefficient (Wildman–Crippen LogP) is 17.7. The summed E-state index contributed by atoms with van der Waals surface area (Å²) in [5, 5.41) is 8.63. The molecule has 11 aromatic carbocycles. The standard InChI is InChI=1S/C62H41NO/c1-2-16-45(17-3-1)61-58-28-10-11-30-60(58)64-62(61)49-22-13-23-52(40-49)63(51-37-33-44(34-38-51)59-41-48-18-5-7-25-55(48)56-26-8-9-27-57(56)59)50-35-31-42(32-36-50)46-20-12-21-47(39-46)54-29-14-19-43-15-4-6-24-53(43)54/h1-41H. The molecule has 0 saturated heterocycles. The lowest BCUT2D eigenvalue weighted by Crippen LogP contribution is -2.10. The van der Waals surface area contributed by atoms with Crippen LogP contribution in [-0.2, 0) is 0 Å². The highest BCUT2D eigenvalue weighted by molar-refractivity contribution is 6.14. The van der Waals surface area contributed by atoms with Gasteiger partial charge >= 0.3 is 0 Å². The Bertz CT molecular complexity index is 3650. The van der Waals surface area contributed by atoms with Crippen molar-refractivity contribution in [2.45, 2.75) is 0 Å². The molecule has 0 saturated carbocycles.